The smallest absolute Gasteiger partial charge is 0.171 e. The Labute approximate surface area is 147 Å². The maximum absolute atomic E-state index is 11.6. The molecule has 4 rings (SSSR count). The molecule has 0 bridgehead atoms. The van der Waals surface area contributed by atoms with Crippen molar-refractivity contribution in [2.45, 2.75) is 31.2 Å². The van der Waals surface area contributed by atoms with Crippen molar-refractivity contribution in [3.8, 4) is 0 Å². The first kappa shape index (κ1) is 16.5. The zero-order valence-corrected chi connectivity index (χ0v) is 14.7. The van der Waals surface area contributed by atoms with E-state index in [0.29, 0.717) is 13.0 Å². The third-order valence-corrected chi connectivity index (χ3v) is 6.48. The Kier molecular flexibility index (Phi) is 4.00. The zero-order chi connectivity index (χ0) is 17.5. The molecule has 1 saturated carbocycles. The highest BCUT2D eigenvalue weighted by Crippen LogP contribution is 2.52. The van der Waals surface area contributed by atoms with Gasteiger partial charge in [-0.25, -0.2) is 18.1 Å². The highest BCUT2D eigenvalue weighted by Gasteiger charge is 2.49. The quantitative estimate of drug-likeness (QED) is 0.844. The maximum atomic E-state index is 11.6. The van der Waals surface area contributed by atoms with E-state index in [2.05, 4.69) is 17.2 Å². The maximum Gasteiger partial charge on any atom is 0.171 e. The molecule has 6 nitrogen and oxygen atoms in total. The normalized spacial score (nSPS) is 23.0. The van der Waals surface area contributed by atoms with Gasteiger partial charge in [-0.15, -0.1) is 0 Å². The number of benzene rings is 1. The fourth-order valence-electron chi connectivity index (χ4n) is 3.53. The Bertz CT molecular complexity index is 899. The minimum Gasteiger partial charge on any atom is -0.394 e. The first-order valence-electron chi connectivity index (χ1n) is 8.54. The minimum absolute atomic E-state index is 0.0209. The lowest BCUT2D eigenvalue weighted by Gasteiger charge is -2.11. The van der Waals surface area contributed by atoms with Crippen LogP contribution in [0.15, 0.2) is 41.8 Å². The van der Waals surface area contributed by atoms with Crippen molar-refractivity contribution < 1.29 is 13.5 Å². The van der Waals surface area contributed by atoms with Gasteiger partial charge in [0.25, 0.3) is 0 Å². The van der Waals surface area contributed by atoms with Gasteiger partial charge in [0.1, 0.15) is 5.82 Å². The minimum atomic E-state index is -3.08. The van der Waals surface area contributed by atoms with Crippen molar-refractivity contribution in [1.82, 2.24) is 14.8 Å². The summed E-state index contributed by atoms with van der Waals surface area (Å²) in [5.41, 5.74) is 1.08. The summed E-state index contributed by atoms with van der Waals surface area (Å²) < 4.78 is 25.0. The fraction of sp³-hybridized carbons (Fsp3) is 0.444. The summed E-state index contributed by atoms with van der Waals surface area (Å²) in [6.45, 7) is 0.351. The Hall–Kier alpha value is -1.99. The second-order valence-electron chi connectivity index (χ2n) is 6.87. The molecule has 1 aromatic heterocycles. The lowest BCUT2D eigenvalue weighted by Crippen LogP contribution is -2.14. The predicted molar refractivity (Wildman–Crippen MR) is 93.7 cm³/mol. The van der Waals surface area contributed by atoms with Gasteiger partial charge < -0.3 is 5.11 Å². The molecule has 0 radical (unpaired) electrons. The molecule has 7 heteroatoms. The van der Waals surface area contributed by atoms with Gasteiger partial charge >= 0.3 is 0 Å². The van der Waals surface area contributed by atoms with Crippen LogP contribution in [0.1, 0.15) is 30.1 Å². The summed E-state index contributed by atoms with van der Waals surface area (Å²) in [6, 6.07) is 10.2. The molecular weight excluding hydrogens is 338 g/mol. The number of aliphatic hydroxyl groups is 1. The van der Waals surface area contributed by atoms with E-state index >= 15 is 0 Å². The lowest BCUT2D eigenvalue weighted by atomic mass is 9.95. The highest BCUT2D eigenvalue weighted by molar-refractivity contribution is 7.94. The summed E-state index contributed by atoms with van der Waals surface area (Å²) in [6.07, 6.45) is 4.28. The Balaban J connectivity index is 1.64. The van der Waals surface area contributed by atoms with Crippen LogP contribution < -0.4 is 0 Å². The molecule has 0 saturated heterocycles. The number of allylic oxidation sites excluding steroid dienone is 1. The van der Waals surface area contributed by atoms with Gasteiger partial charge in [-0.3, -0.25) is 0 Å². The standard InChI is InChI=1S/C18H21N3O3S/c22-10-9-21-16(12-14-6-11-25(23,24)13-14)19-17(20-21)18(7-8-18)15-4-2-1-3-5-15/h1-6,11,14,22H,7-10,12-13H2/t14-/m1/s1. The van der Waals surface area contributed by atoms with Crippen LogP contribution in [-0.4, -0.2) is 40.6 Å². The van der Waals surface area contributed by atoms with Crippen LogP contribution in [0.4, 0.5) is 0 Å². The van der Waals surface area contributed by atoms with Gasteiger partial charge in [0, 0.05) is 11.8 Å². The monoisotopic (exact) mass is 359 g/mol. The molecule has 2 aliphatic rings. The zero-order valence-electron chi connectivity index (χ0n) is 13.9. The van der Waals surface area contributed by atoms with Crippen LogP contribution in [0.5, 0.6) is 0 Å². The second-order valence-corrected chi connectivity index (χ2v) is 8.80. The van der Waals surface area contributed by atoms with E-state index in [9.17, 15) is 13.5 Å². The van der Waals surface area contributed by atoms with E-state index in [1.807, 2.05) is 18.2 Å². The summed E-state index contributed by atoms with van der Waals surface area (Å²) in [7, 11) is -3.08. The van der Waals surface area contributed by atoms with Crippen LogP contribution in [0.2, 0.25) is 0 Å². The van der Waals surface area contributed by atoms with E-state index in [1.54, 1.807) is 10.8 Å². The molecule has 1 atom stereocenters. The molecule has 25 heavy (non-hydrogen) atoms. The topological polar surface area (TPSA) is 85.1 Å². The number of hydrogen-bond acceptors (Lipinski definition) is 5. The molecule has 1 fully saturated rings. The van der Waals surface area contributed by atoms with E-state index in [-0.39, 0.29) is 23.7 Å². The van der Waals surface area contributed by atoms with E-state index in [4.69, 9.17) is 4.98 Å². The van der Waals surface area contributed by atoms with Crippen LogP contribution in [0.3, 0.4) is 0 Å². The number of nitrogens with zero attached hydrogens (tertiary/aromatic N) is 3. The molecule has 0 amide bonds. The van der Waals surface area contributed by atoms with Crippen molar-refractivity contribution in [2.75, 3.05) is 12.4 Å². The fourth-order valence-corrected chi connectivity index (χ4v) is 4.93. The van der Waals surface area contributed by atoms with E-state index < -0.39 is 9.84 Å². The molecule has 1 N–H and O–H groups in total. The molecular formula is C18H21N3O3S. The lowest BCUT2D eigenvalue weighted by molar-refractivity contribution is 0.266. The summed E-state index contributed by atoms with van der Waals surface area (Å²) >= 11 is 0. The molecule has 2 aromatic rings. The van der Waals surface area contributed by atoms with Gasteiger partial charge in [0.05, 0.1) is 24.3 Å². The highest BCUT2D eigenvalue weighted by atomic mass is 32.2. The molecule has 1 aromatic carbocycles. The van der Waals surface area contributed by atoms with Gasteiger partial charge in [0.15, 0.2) is 15.7 Å². The van der Waals surface area contributed by atoms with Gasteiger partial charge in [-0.2, -0.15) is 5.10 Å². The van der Waals surface area contributed by atoms with E-state index in [0.717, 1.165) is 24.5 Å². The number of aliphatic hydroxyl groups excluding tert-OH is 1. The Morgan fingerprint density at radius 2 is 2.00 bits per heavy atom. The average Bonchev–Trinajstić information content (AvgIpc) is 3.21. The van der Waals surface area contributed by atoms with Gasteiger partial charge in [-0.1, -0.05) is 36.4 Å². The SMILES string of the molecule is O=S1(=O)C=C[C@H](Cc2nc(C3(c4ccccc4)CC3)nn2CCO)C1. The van der Waals surface area contributed by atoms with Gasteiger partial charge in [0.2, 0.25) is 0 Å². The summed E-state index contributed by atoms with van der Waals surface area (Å²) in [5, 5.41) is 15.3. The van der Waals surface area contributed by atoms with Crippen LogP contribution >= 0.6 is 0 Å². The molecule has 0 unspecified atom stereocenters. The molecule has 2 heterocycles. The number of aromatic nitrogens is 3. The molecule has 132 valence electrons. The number of sulfone groups is 1. The first-order chi connectivity index (χ1) is 12.0. The largest absolute Gasteiger partial charge is 0.394 e. The molecule has 0 spiro atoms. The Morgan fingerprint density at radius 1 is 1.24 bits per heavy atom. The molecule has 1 aliphatic carbocycles. The van der Waals surface area contributed by atoms with Crippen molar-refractivity contribution in [3.05, 3.63) is 59.0 Å². The molecule has 1 aliphatic heterocycles. The predicted octanol–water partition coefficient (Wildman–Crippen LogP) is 1.45. The van der Waals surface area contributed by atoms with Crippen molar-refractivity contribution in [2.24, 2.45) is 5.92 Å². The van der Waals surface area contributed by atoms with Crippen molar-refractivity contribution in [1.29, 1.82) is 0 Å². The second kappa shape index (κ2) is 6.07. The average molecular weight is 359 g/mol. The van der Waals surface area contributed by atoms with Crippen LogP contribution in [-0.2, 0) is 28.2 Å². The first-order valence-corrected chi connectivity index (χ1v) is 10.3. The summed E-state index contributed by atoms with van der Waals surface area (Å²) in [5.74, 6) is 1.58. The van der Waals surface area contributed by atoms with E-state index in [1.165, 1.54) is 11.0 Å². The third kappa shape index (κ3) is 3.14. The van der Waals surface area contributed by atoms with Crippen molar-refractivity contribution in [3.63, 3.8) is 0 Å². The van der Waals surface area contributed by atoms with Crippen molar-refractivity contribution >= 4 is 9.84 Å². The summed E-state index contributed by atoms with van der Waals surface area (Å²) in [4.78, 5) is 4.76. The Morgan fingerprint density at radius 3 is 2.60 bits per heavy atom. The van der Waals surface area contributed by atoms with Gasteiger partial charge in [-0.05, 0) is 24.3 Å². The van der Waals surface area contributed by atoms with Crippen LogP contribution in [0, 0.1) is 5.92 Å². The van der Waals surface area contributed by atoms with Crippen LogP contribution in [0.25, 0.3) is 0 Å². The number of hydrogen-bond donors (Lipinski definition) is 1. The third-order valence-electron chi connectivity index (χ3n) is 5.01. The number of rotatable bonds is 6.